The summed E-state index contributed by atoms with van der Waals surface area (Å²) in [4.78, 5) is -0.0625. The molecule has 0 N–H and O–H groups in total. The third-order valence-corrected chi connectivity index (χ3v) is 1.83. The van der Waals surface area contributed by atoms with Gasteiger partial charge in [-0.1, -0.05) is 15.9 Å². The molecule has 0 bridgehead atoms. The van der Waals surface area contributed by atoms with Crippen LogP contribution in [0.25, 0.3) is 0 Å². The van der Waals surface area contributed by atoms with Gasteiger partial charge in [0.05, 0.1) is 11.4 Å². The minimum atomic E-state index is -1.07. The van der Waals surface area contributed by atoms with Gasteiger partial charge in [0.25, 0.3) is 0 Å². The smallest absolute Gasteiger partial charge is 0.211 e. The van der Waals surface area contributed by atoms with E-state index in [2.05, 4.69) is 20.7 Å². The number of halogens is 2. The highest BCUT2D eigenvalue weighted by molar-refractivity contribution is 9.09. The van der Waals surface area contributed by atoms with Crippen LogP contribution in [0.4, 0.5) is 4.39 Å². The molecule has 1 aliphatic rings. The van der Waals surface area contributed by atoms with Gasteiger partial charge in [-0.15, -0.1) is 0 Å². The summed E-state index contributed by atoms with van der Waals surface area (Å²) in [7, 11) is 0. The molecule has 0 aliphatic carbocycles. The third-order valence-electron chi connectivity index (χ3n) is 0.955. The van der Waals surface area contributed by atoms with Gasteiger partial charge in [0.15, 0.2) is 0 Å². The first kappa shape index (κ1) is 5.51. The topological polar surface area (TPSA) is 9.23 Å². The highest BCUT2D eigenvalue weighted by atomic mass is 79.9. The number of ether oxygens (including phenoxy) is 1. The van der Waals surface area contributed by atoms with E-state index in [4.69, 9.17) is 0 Å². The summed E-state index contributed by atoms with van der Waals surface area (Å²) in [6.45, 7) is 0.553. The second kappa shape index (κ2) is 2.09. The summed E-state index contributed by atoms with van der Waals surface area (Å²) in [5.74, 6) is 0. The second-order valence-electron chi connectivity index (χ2n) is 1.53. The van der Waals surface area contributed by atoms with Crippen molar-refractivity contribution >= 4 is 15.9 Å². The van der Waals surface area contributed by atoms with Crippen LogP contribution in [-0.2, 0) is 4.74 Å². The zero-order valence-corrected chi connectivity index (χ0v) is 5.32. The molecule has 7 heavy (non-hydrogen) atoms. The van der Waals surface area contributed by atoms with Gasteiger partial charge < -0.3 is 4.74 Å². The van der Waals surface area contributed by atoms with Crippen molar-refractivity contribution in [1.82, 2.24) is 0 Å². The molecular formula is C4H6BrFO. The monoisotopic (exact) mass is 168 g/mol. The molecule has 0 aromatic rings. The molecule has 2 atom stereocenters. The minimum absolute atomic E-state index is 0.0625. The summed E-state index contributed by atoms with van der Waals surface area (Å²) < 4.78 is 16.6. The summed E-state index contributed by atoms with van der Waals surface area (Å²) in [5, 5.41) is 0. The van der Waals surface area contributed by atoms with Gasteiger partial charge >= 0.3 is 0 Å². The fraction of sp³-hybridized carbons (Fsp3) is 1.00. The maximum absolute atomic E-state index is 12.0. The normalized spacial score (nSPS) is 42.0. The fourth-order valence-corrected chi connectivity index (χ4v) is 0.868. The van der Waals surface area contributed by atoms with Crippen molar-refractivity contribution in [3.63, 3.8) is 0 Å². The van der Waals surface area contributed by atoms with Crippen molar-refractivity contribution in [2.24, 2.45) is 0 Å². The van der Waals surface area contributed by atoms with E-state index in [1.165, 1.54) is 0 Å². The van der Waals surface area contributed by atoms with E-state index in [0.717, 1.165) is 6.42 Å². The Labute approximate surface area is 50.0 Å². The maximum Gasteiger partial charge on any atom is 0.211 e. The predicted octanol–water partition coefficient (Wildman–Crippen LogP) is 1.47. The van der Waals surface area contributed by atoms with Crippen LogP contribution >= 0.6 is 15.9 Å². The van der Waals surface area contributed by atoms with E-state index in [-0.39, 0.29) is 4.83 Å². The van der Waals surface area contributed by atoms with E-state index < -0.39 is 6.36 Å². The summed E-state index contributed by atoms with van der Waals surface area (Å²) in [5.41, 5.74) is 0. The number of alkyl halides is 2. The van der Waals surface area contributed by atoms with Crippen LogP contribution in [0, 0.1) is 0 Å². The molecule has 1 fully saturated rings. The first-order chi connectivity index (χ1) is 3.30. The van der Waals surface area contributed by atoms with Gasteiger partial charge in [-0.25, -0.2) is 4.39 Å². The van der Waals surface area contributed by atoms with Crippen LogP contribution < -0.4 is 0 Å². The van der Waals surface area contributed by atoms with Crippen LogP contribution in [-0.4, -0.2) is 17.8 Å². The molecule has 0 radical (unpaired) electrons. The number of rotatable bonds is 0. The van der Waals surface area contributed by atoms with Gasteiger partial charge in [0.1, 0.15) is 0 Å². The predicted molar refractivity (Wildman–Crippen MR) is 28.2 cm³/mol. The quantitative estimate of drug-likeness (QED) is 0.499. The molecule has 2 unspecified atom stereocenters. The Bertz CT molecular complexity index is 60.7. The summed E-state index contributed by atoms with van der Waals surface area (Å²) in [6.07, 6.45) is -0.277. The summed E-state index contributed by atoms with van der Waals surface area (Å²) >= 11 is 3.10. The Morgan fingerprint density at radius 1 is 1.71 bits per heavy atom. The zero-order chi connectivity index (χ0) is 5.28. The van der Waals surface area contributed by atoms with Gasteiger partial charge in [-0.2, -0.15) is 0 Å². The Morgan fingerprint density at radius 2 is 2.43 bits per heavy atom. The number of hydrogen-bond acceptors (Lipinski definition) is 1. The van der Waals surface area contributed by atoms with Crippen molar-refractivity contribution in [2.75, 3.05) is 6.61 Å². The van der Waals surface area contributed by atoms with E-state index in [0.29, 0.717) is 6.61 Å². The fourth-order valence-electron chi connectivity index (χ4n) is 0.529. The standard InChI is InChI=1S/C4H6BrFO/c5-3-1-2-7-4(3)6/h3-4H,1-2H2. The lowest BCUT2D eigenvalue weighted by Gasteiger charge is -1.98. The molecule has 1 rings (SSSR count). The molecule has 0 saturated carbocycles. The average molecular weight is 169 g/mol. The van der Waals surface area contributed by atoms with Crippen LogP contribution in [0.15, 0.2) is 0 Å². The van der Waals surface area contributed by atoms with Gasteiger partial charge in [-0.05, 0) is 6.42 Å². The van der Waals surface area contributed by atoms with Crippen molar-refractivity contribution in [1.29, 1.82) is 0 Å². The largest absolute Gasteiger partial charge is 0.347 e. The SMILES string of the molecule is FC1OCCC1Br. The molecular weight excluding hydrogens is 163 g/mol. The van der Waals surface area contributed by atoms with Crippen molar-refractivity contribution in [2.45, 2.75) is 17.6 Å². The van der Waals surface area contributed by atoms with E-state index in [1.807, 2.05) is 0 Å². The first-order valence-electron chi connectivity index (χ1n) is 2.20. The molecule has 1 nitrogen and oxygen atoms in total. The van der Waals surface area contributed by atoms with E-state index in [1.54, 1.807) is 0 Å². The Kier molecular flexibility index (Phi) is 1.65. The highest BCUT2D eigenvalue weighted by Crippen LogP contribution is 2.21. The molecule has 1 heterocycles. The Hall–Kier alpha value is 0.370. The van der Waals surface area contributed by atoms with Crippen molar-refractivity contribution in [3.05, 3.63) is 0 Å². The molecule has 1 saturated heterocycles. The molecule has 0 amide bonds. The first-order valence-corrected chi connectivity index (χ1v) is 3.12. The summed E-state index contributed by atoms with van der Waals surface area (Å²) in [6, 6.07) is 0. The highest BCUT2D eigenvalue weighted by Gasteiger charge is 2.24. The van der Waals surface area contributed by atoms with E-state index >= 15 is 0 Å². The van der Waals surface area contributed by atoms with Gasteiger partial charge in [0.2, 0.25) is 6.36 Å². The average Bonchev–Trinajstić information content (AvgIpc) is 1.91. The lowest BCUT2D eigenvalue weighted by molar-refractivity contribution is 0.0129. The third kappa shape index (κ3) is 1.13. The van der Waals surface area contributed by atoms with Crippen LogP contribution in [0.3, 0.4) is 0 Å². The molecule has 42 valence electrons. The molecule has 0 aromatic heterocycles. The lowest BCUT2D eigenvalue weighted by Crippen LogP contribution is -2.06. The number of hydrogen-bond donors (Lipinski definition) is 0. The Morgan fingerprint density at radius 3 is 2.57 bits per heavy atom. The maximum atomic E-state index is 12.0. The van der Waals surface area contributed by atoms with Crippen LogP contribution in [0.1, 0.15) is 6.42 Å². The Balaban J connectivity index is 2.33. The van der Waals surface area contributed by atoms with Gasteiger partial charge in [0, 0.05) is 0 Å². The van der Waals surface area contributed by atoms with Crippen molar-refractivity contribution < 1.29 is 9.13 Å². The molecule has 3 heteroatoms. The van der Waals surface area contributed by atoms with Crippen LogP contribution in [0.2, 0.25) is 0 Å². The van der Waals surface area contributed by atoms with Crippen LogP contribution in [0.5, 0.6) is 0 Å². The molecule has 0 aromatic carbocycles. The zero-order valence-electron chi connectivity index (χ0n) is 3.73. The molecule has 0 spiro atoms. The van der Waals surface area contributed by atoms with Gasteiger partial charge in [-0.3, -0.25) is 0 Å². The lowest BCUT2D eigenvalue weighted by atomic mass is 10.4. The minimum Gasteiger partial charge on any atom is -0.347 e. The second-order valence-corrected chi connectivity index (χ2v) is 2.70. The molecule has 1 aliphatic heterocycles. The van der Waals surface area contributed by atoms with E-state index in [9.17, 15) is 4.39 Å². The van der Waals surface area contributed by atoms with Crippen molar-refractivity contribution in [3.8, 4) is 0 Å².